The van der Waals surface area contributed by atoms with Crippen LogP contribution in [0.5, 0.6) is 0 Å². The molecular weight excluding hydrogens is 1330 g/mol. The highest BCUT2D eigenvalue weighted by atomic mass is 19.2. The fourth-order valence-electron chi connectivity index (χ4n) is 13.3. The number of likely N-dealkylation sites (tertiary alicyclic amines) is 1. The Bertz CT molecular complexity index is 3340. The van der Waals surface area contributed by atoms with Crippen LogP contribution >= 0.6 is 0 Å². The second-order valence-corrected chi connectivity index (χ2v) is 25.7. The molecule has 5 aliphatic rings. The maximum atomic E-state index is 14.5. The van der Waals surface area contributed by atoms with Crippen molar-refractivity contribution in [2.24, 2.45) is 17.8 Å². The van der Waals surface area contributed by atoms with Crippen LogP contribution in [0.25, 0.3) is 22.5 Å². The van der Waals surface area contributed by atoms with Crippen LogP contribution in [0.15, 0.2) is 36.7 Å². The fourth-order valence-corrected chi connectivity index (χ4v) is 13.3. The molecule has 2 saturated carbocycles. The predicted octanol–water partition coefficient (Wildman–Crippen LogP) is -0.311. The van der Waals surface area contributed by atoms with Gasteiger partial charge in [-0.2, -0.15) is 0 Å². The number of aromatic nitrogens is 6. The van der Waals surface area contributed by atoms with E-state index in [0.717, 1.165) is 28.2 Å². The Kier molecular flexibility index (Phi) is 26.4. The lowest BCUT2D eigenvalue weighted by molar-refractivity contribution is -0.317. The molecule has 3 aliphatic heterocycles. The van der Waals surface area contributed by atoms with Crippen molar-refractivity contribution in [2.75, 3.05) is 46.0 Å². The second kappa shape index (κ2) is 34.0. The van der Waals surface area contributed by atoms with E-state index < -0.39 is 213 Å². The smallest absolute Gasteiger partial charge is 0.251 e. The van der Waals surface area contributed by atoms with Gasteiger partial charge in [0.15, 0.2) is 53.8 Å². The van der Waals surface area contributed by atoms with Crippen molar-refractivity contribution >= 4 is 23.6 Å². The third-order valence-corrected chi connectivity index (χ3v) is 18.8. The Balaban J connectivity index is 0.933. The van der Waals surface area contributed by atoms with Gasteiger partial charge in [0.05, 0.1) is 68.8 Å². The van der Waals surface area contributed by atoms with Gasteiger partial charge >= 0.3 is 0 Å². The van der Waals surface area contributed by atoms with Gasteiger partial charge in [0.25, 0.3) is 5.91 Å². The number of halogens is 6. The van der Waals surface area contributed by atoms with Gasteiger partial charge in [0.2, 0.25) is 17.7 Å². The summed E-state index contributed by atoms with van der Waals surface area (Å²) >= 11 is 0. The molecule has 2 aromatic heterocycles. The van der Waals surface area contributed by atoms with Crippen molar-refractivity contribution in [3.63, 3.8) is 0 Å². The Hall–Kier alpha value is -6.46. The highest BCUT2D eigenvalue weighted by molar-refractivity contribution is 5.82. The maximum Gasteiger partial charge on any atom is 0.251 e. The van der Waals surface area contributed by atoms with Gasteiger partial charge in [-0.05, 0) is 82.6 Å². The lowest BCUT2D eigenvalue weighted by atomic mass is 9.75. The SMILES string of the molecule is CCC[C@H](OC1C(NC(C)=O)[C@H](O[C@@H]2CC(C(=O)NCCNC(=O)C3CC(n4cc(-c5cc(F)c(F)c(F)c5)nn4)C(O)[C@H](O[C@@H]4OC(CO)[C@H](O)C(n5cc(-c6cc(F)c(F)c(F)c6)nn5)C4O)C3)CC(CC)C2O[C@@H](CO)OC(C)[C@@H](O)C(C)O)OC(CO)[C@@H]1O)C(=O)N1CCC1. The number of rotatable bonds is 29. The molecule has 0 radical (unpaired) electrons. The highest BCUT2D eigenvalue weighted by Gasteiger charge is 2.54. The molecule has 23 atom stereocenters. The summed E-state index contributed by atoms with van der Waals surface area (Å²) < 4.78 is 131. The van der Waals surface area contributed by atoms with Crippen LogP contribution in [0, 0.1) is 52.7 Å². The van der Waals surface area contributed by atoms with Gasteiger partial charge in [0, 0.05) is 56.1 Å². The van der Waals surface area contributed by atoms with Gasteiger partial charge in [-0.1, -0.05) is 37.1 Å². The summed E-state index contributed by atoms with van der Waals surface area (Å²) in [4.78, 5) is 57.3. The molecular formula is C63H86F6N10O20. The molecule has 550 valence electrons. The number of carbonyl (C=O) groups excluding carboxylic acids is 4. The Morgan fingerprint density at radius 2 is 1.21 bits per heavy atom. The van der Waals surface area contributed by atoms with Crippen LogP contribution in [-0.4, -0.2) is 261 Å². The molecule has 0 spiro atoms. The Morgan fingerprint density at radius 3 is 1.74 bits per heavy atom. The monoisotopic (exact) mass is 1420 g/mol. The van der Waals surface area contributed by atoms with E-state index >= 15 is 0 Å². The lowest BCUT2D eigenvalue weighted by Gasteiger charge is -2.48. The van der Waals surface area contributed by atoms with E-state index in [1.54, 1.807) is 11.8 Å². The molecule has 12 N–H and O–H groups in total. The zero-order chi connectivity index (χ0) is 71.8. The van der Waals surface area contributed by atoms with Crippen LogP contribution in [0.2, 0.25) is 0 Å². The summed E-state index contributed by atoms with van der Waals surface area (Å²) in [5.41, 5.74) is -0.982. The van der Waals surface area contributed by atoms with E-state index in [-0.39, 0.29) is 73.6 Å². The first kappa shape index (κ1) is 76.7. The van der Waals surface area contributed by atoms with Crippen LogP contribution in [0.4, 0.5) is 26.3 Å². The molecule has 2 aliphatic carbocycles. The standard InChI is InChI=1S/C63H86F6N10O20/c1-6-9-42(61(92)77-12-8-13-77)94-58-50(72-29(5)84)62(97-46(25-81)55(58)88)96-44-21-33(14-30(7-2)57(44)99-47(26-82)93-28(4)52(85)27(3)83)59(90)70-10-11-71-60(91)34-19-41(78-22-39(73-75-78)31-15-35(64)48(68)36(65)16-31)53(86)43(20-34)95-63-56(89)51(54(87)45(24-80)98-63)79-23-40(74-76-79)32-17-37(66)49(69)38(67)18-32/h15-18,22-23,27-28,30,33-34,41-47,50-58,62-63,80-83,85-89H,6-14,19-21,24-26H2,1-5H3,(H,70,90)(H,71,91)(H,72,84)/t27?,28?,30?,33?,34?,41?,42-,43+,44+,45?,46?,47-,50?,51?,52-,53?,54-,55-,56?,57?,58?,62+,63+/m0/s1. The Labute approximate surface area is 563 Å². The molecule has 99 heavy (non-hydrogen) atoms. The first-order valence-electron chi connectivity index (χ1n) is 32.9. The normalized spacial score (nSPS) is 31.1. The number of ether oxygens (including phenoxy) is 7. The lowest BCUT2D eigenvalue weighted by Crippen LogP contribution is -2.67. The van der Waals surface area contributed by atoms with Gasteiger partial charge in [-0.15, -0.1) is 10.2 Å². The summed E-state index contributed by atoms with van der Waals surface area (Å²) in [6.45, 7) is 5.68. The maximum absolute atomic E-state index is 14.5. The van der Waals surface area contributed by atoms with Gasteiger partial charge < -0.3 is 100.0 Å². The first-order valence-corrected chi connectivity index (χ1v) is 32.9. The number of amides is 4. The zero-order valence-electron chi connectivity index (χ0n) is 54.8. The average molecular weight is 1420 g/mol. The minimum absolute atomic E-state index is 0.115. The zero-order valence-corrected chi connectivity index (χ0v) is 54.8. The largest absolute Gasteiger partial charge is 0.394 e. The molecule has 4 aromatic rings. The summed E-state index contributed by atoms with van der Waals surface area (Å²) in [5.74, 6) is -14.6. The van der Waals surface area contributed by atoms with Crippen LogP contribution in [0.3, 0.4) is 0 Å². The third-order valence-electron chi connectivity index (χ3n) is 18.8. The molecule has 36 heteroatoms. The fraction of sp³-hybridized carbons (Fsp3) is 0.683. The number of nitrogens with zero attached hydrogens (tertiary/aromatic N) is 7. The summed E-state index contributed by atoms with van der Waals surface area (Å²) in [6.07, 6.45) is -21.6. The highest BCUT2D eigenvalue weighted by Crippen LogP contribution is 2.42. The van der Waals surface area contributed by atoms with Gasteiger partial charge in [-0.25, -0.2) is 35.7 Å². The summed E-state index contributed by atoms with van der Waals surface area (Å²) in [6, 6.07) is -1.68. The number of carbonyl (C=O) groups is 4. The van der Waals surface area contributed by atoms with E-state index in [1.165, 1.54) is 20.8 Å². The van der Waals surface area contributed by atoms with Crippen molar-refractivity contribution in [3.8, 4) is 22.5 Å². The van der Waals surface area contributed by atoms with Crippen molar-refractivity contribution in [3.05, 3.63) is 71.6 Å². The quantitative estimate of drug-likeness (QED) is 0.0144. The van der Waals surface area contributed by atoms with Crippen molar-refractivity contribution in [1.82, 2.24) is 50.8 Å². The number of aliphatic hydroxyl groups is 9. The van der Waals surface area contributed by atoms with Crippen molar-refractivity contribution in [1.29, 1.82) is 0 Å². The summed E-state index contributed by atoms with van der Waals surface area (Å²) in [7, 11) is 0. The van der Waals surface area contributed by atoms with Crippen molar-refractivity contribution < 1.29 is 125 Å². The van der Waals surface area contributed by atoms with Crippen LogP contribution in [0.1, 0.15) is 98.1 Å². The minimum atomic E-state index is -1.96. The number of hydrogen-bond acceptors (Lipinski definition) is 24. The molecule has 30 nitrogen and oxygen atoms in total. The van der Waals surface area contributed by atoms with Crippen molar-refractivity contribution in [2.45, 2.75) is 208 Å². The second-order valence-electron chi connectivity index (χ2n) is 25.7. The molecule has 14 unspecified atom stereocenters. The van der Waals surface area contributed by atoms with E-state index in [4.69, 9.17) is 33.2 Å². The van der Waals surface area contributed by atoms with E-state index in [1.807, 2.05) is 6.92 Å². The summed E-state index contributed by atoms with van der Waals surface area (Å²) in [5, 5.41) is 123. The van der Waals surface area contributed by atoms with Gasteiger partial charge in [-0.3, -0.25) is 19.2 Å². The topological polar surface area (TPSA) is 416 Å². The third kappa shape index (κ3) is 17.7. The molecule has 2 aromatic carbocycles. The van der Waals surface area contributed by atoms with E-state index in [0.29, 0.717) is 50.2 Å². The number of hydrogen-bond donors (Lipinski definition) is 12. The molecule has 9 rings (SSSR count). The van der Waals surface area contributed by atoms with E-state index in [9.17, 15) is 91.5 Å². The number of nitrogens with one attached hydrogen (secondary N) is 3. The van der Waals surface area contributed by atoms with Gasteiger partial charge in [0.1, 0.15) is 78.4 Å². The minimum Gasteiger partial charge on any atom is -0.394 e. The van der Waals surface area contributed by atoms with Crippen LogP contribution < -0.4 is 16.0 Å². The molecule has 5 heterocycles. The molecule has 4 amide bonds. The van der Waals surface area contributed by atoms with E-state index in [2.05, 4.69) is 36.6 Å². The van der Waals surface area contributed by atoms with Crippen LogP contribution in [-0.2, 0) is 52.3 Å². The molecule has 3 saturated heterocycles. The average Bonchev–Trinajstić information content (AvgIpc) is 1.71. The number of benzene rings is 2. The number of aliphatic hydroxyl groups excluding tert-OH is 9. The first-order chi connectivity index (χ1) is 47.2. The molecule has 0 bridgehead atoms. The predicted molar refractivity (Wildman–Crippen MR) is 326 cm³/mol. The Morgan fingerprint density at radius 1 is 0.677 bits per heavy atom. The molecule has 5 fully saturated rings.